The first kappa shape index (κ1) is 21.8. The van der Waals surface area contributed by atoms with Crippen molar-refractivity contribution >= 4 is 11.7 Å². The van der Waals surface area contributed by atoms with Crippen LogP contribution in [0.25, 0.3) is 0 Å². The molecular formula is C22H21F3N4O3. The number of rotatable bonds is 5. The second kappa shape index (κ2) is 9.39. The molecule has 10 heteroatoms. The second-order valence-corrected chi connectivity index (χ2v) is 7.30. The third kappa shape index (κ3) is 5.25. The van der Waals surface area contributed by atoms with Crippen LogP contribution in [0.1, 0.15) is 22.9 Å². The molecule has 3 aromatic rings. The lowest BCUT2D eigenvalue weighted by atomic mass is 10.1. The van der Waals surface area contributed by atoms with Crippen LogP contribution in [0.5, 0.6) is 0 Å². The van der Waals surface area contributed by atoms with E-state index in [1.807, 2.05) is 42.5 Å². The fourth-order valence-corrected chi connectivity index (χ4v) is 3.36. The van der Waals surface area contributed by atoms with E-state index in [-0.39, 0.29) is 18.3 Å². The maximum Gasteiger partial charge on any atom is 0.470 e. The van der Waals surface area contributed by atoms with Crippen molar-refractivity contribution in [3.63, 3.8) is 0 Å². The number of alkyl halides is 3. The maximum atomic E-state index is 13.2. The highest BCUT2D eigenvalue weighted by Gasteiger charge is 2.38. The summed E-state index contributed by atoms with van der Waals surface area (Å²) in [6.45, 7) is 2.43. The smallest absolute Gasteiger partial charge is 0.417 e. The summed E-state index contributed by atoms with van der Waals surface area (Å²) in [7, 11) is 0. The molecular weight excluding hydrogens is 425 g/mol. The Hall–Kier alpha value is -3.40. The number of nitrogens with zero attached hydrogens (tertiary/aromatic N) is 4. The first-order valence-electron chi connectivity index (χ1n) is 10.1. The topological polar surface area (TPSA) is 71.7 Å². The largest absolute Gasteiger partial charge is 0.470 e. The molecule has 0 radical (unpaired) electrons. The van der Waals surface area contributed by atoms with Gasteiger partial charge in [0.25, 0.3) is 0 Å². The predicted molar refractivity (Wildman–Crippen MR) is 109 cm³/mol. The van der Waals surface area contributed by atoms with Crippen LogP contribution in [0.2, 0.25) is 0 Å². The van der Waals surface area contributed by atoms with Gasteiger partial charge in [0.15, 0.2) is 0 Å². The number of anilines is 1. The number of urea groups is 1. The average Bonchev–Trinajstić information content (AvgIpc) is 3.28. The standard InChI is InChI=1S/C22H21F3N4O3/c23-22(24,25)20-27-26-19(32-20)14-16-6-8-17(9-7-16)15-29(18-4-2-1-3-5-18)21(30)28-10-12-31-13-11-28/h1-9H,10-15H2. The van der Waals surface area contributed by atoms with Crippen molar-refractivity contribution in [2.75, 3.05) is 31.2 Å². The number of benzene rings is 2. The number of halogens is 3. The van der Waals surface area contributed by atoms with Gasteiger partial charge in [-0.1, -0.05) is 42.5 Å². The molecule has 4 rings (SSSR count). The third-order valence-electron chi connectivity index (χ3n) is 5.01. The molecule has 1 aliphatic heterocycles. The molecule has 1 aromatic heterocycles. The number of carbonyl (C=O) groups is 1. The highest BCUT2D eigenvalue weighted by Crippen LogP contribution is 2.28. The summed E-state index contributed by atoms with van der Waals surface area (Å²) < 4.78 is 47.9. The second-order valence-electron chi connectivity index (χ2n) is 7.30. The van der Waals surface area contributed by atoms with E-state index in [1.54, 1.807) is 21.9 Å². The fourth-order valence-electron chi connectivity index (χ4n) is 3.36. The zero-order valence-electron chi connectivity index (χ0n) is 17.1. The first-order chi connectivity index (χ1) is 15.4. The minimum atomic E-state index is -4.66. The van der Waals surface area contributed by atoms with Crippen LogP contribution in [0.4, 0.5) is 23.7 Å². The van der Waals surface area contributed by atoms with Crippen molar-refractivity contribution in [3.05, 3.63) is 77.5 Å². The van der Waals surface area contributed by atoms with Crippen molar-refractivity contribution < 1.29 is 27.1 Å². The van der Waals surface area contributed by atoms with Gasteiger partial charge in [-0.05, 0) is 23.3 Å². The molecule has 2 amide bonds. The number of hydrogen-bond donors (Lipinski definition) is 0. The minimum Gasteiger partial charge on any atom is -0.417 e. The first-order valence-corrected chi connectivity index (χ1v) is 10.1. The van der Waals surface area contributed by atoms with E-state index in [9.17, 15) is 18.0 Å². The monoisotopic (exact) mass is 446 g/mol. The summed E-state index contributed by atoms with van der Waals surface area (Å²) in [4.78, 5) is 16.6. The number of carbonyl (C=O) groups excluding carboxylic acids is 1. The summed E-state index contributed by atoms with van der Waals surface area (Å²) >= 11 is 0. The molecule has 0 unspecified atom stereocenters. The van der Waals surface area contributed by atoms with Crippen LogP contribution in [0, 0.1) is 0 Å². The van der Waals surface area contributed by atoms with E-state index in [2.05, 4.69) is 14.6 Å². The summed E-state index contributed by atoms with van der Waals surface area (Å²) in [5.41, 5.74) is 2.37. The molecule has 1 saturated heterocycles. The maximum absolute atomic E-state index is 13.2. The van der Waals surface area contributed by atoms with Crippen molar-refractivity contribution in [3.8, 4) is 0 Å². The third-order valence-corrected chi connectivity index (χ3v) is 5.01. The van der Waals surface area contributed by atoms with E-state index in [0.29, 0.717) is 32.8 Å². The van der Waals surface area contributed by atoms with Crippen LogP contribution >= 0.6 is 0 Å². The highest BCUT2D eigenvalue weighted by molar-refractivity contribution is 5.92. The Morgan fingerprint density at radius 1 is 0.969 bits per heavy atom. The van der Waals surface area contributed by atoms with E-state index in [4.69, 9.17) is 4.74 Å². The van der Waals surface area contributed by atoms with E-state index < -0.39 is 12.1 Å². The molecule has 2 aromatic carbocycles. The summed E-state index contributed by atoms with van der Waals surface area (Å²) in [6.07, 6.45) is -4.58. The van der Waals surface area contributed by atoms with E-state index in [1.165, 1.54) is 0 Å². The average molecular weight is 446 g/mol. The Balaban J connectivity index is 1.47. The van der Waals surface area contributed by atoms with Gasteiger partial charge in [0.2, 0.25) is 5.89 Å². The Morgan fingerprint density at radius 3 is 2.25 bits per heavy atom. The van der Waals surface area contributed by atoms with Gasteiger partial charge in [-0.25, -0.2) is 4.79 Å². The van der Waals surface area contributed by atoms with Gasteiger partial charge in [0.1, 0.15) is 0 Å². The number of para-hydroxylation sites is 1. The molecule has 32 heavy (non-hydrogen) atoms. The zero-order chi connectivity index (χ0) is 22.6. The van der Waals surface area contributed by atoms with Gasteiger partial charge in [-0.15, -0.1) is 10.2 Å². The number of hydrogen-bond acceptors (Lipinski definition) is 5. The van der Waals surface area contributed by atoms with Crippen molar-refractivity contribution in [1.82, 2.24) is 15.1 Å². The Morgan fingerprint density at radius 2 is 1.62 bits per heavy atom. The van der Waals surface area contributed by atoms with Crippen molar-refractivity contribution in [2.45, 2.75) is 19.1 Å². The molecule has 2 heterocycles. The van der Waals surface area contributed by atoms with Gasteiger partial charge in [0, 0.05) is 18.8 Å². The fraction of sp³-hybridized carbons (Fsp3) is 0.318. The molecule has 1 aliphatic rings. The highest BCUT2D eigenvalue weighted by atomic mass is 19.4. The van der Waals surface area contributed by atoms with E-state index >= 15 is 0 Å². The number of morpholine rings is 1. The Bertz CT molecular complexity index is 1030. The number of aromatic nitrogens is 2. The summed E-state index contributed by atoms with van der Waals surface area (Å²) in [5.74, 6) is -1.47. The lowest BCUT2D eigenvalue weighted by Gasteiger charge is -2.33. The van der Waals surface area contributed by atoms with Crippen molar-refractivity contribution in [1.29, 1.82) is 0 Å². The SMILES string of the molecule is O=C(N1CCOCC1)N(Cc1ccc(Cc2nnc(C(F)(F)F)o2)cc1)c1ccccc1. The number of ether oxygens (including phenoxy) is 1. The van der Waals surface area contributed by atoms with Crippen LogP contribution in [-0.4, -0.2) is 47.4 Å². The lowest BCUT2D eigenvalue weighted by molar-refractivity contribution is -0.157. The summed E-state index contributed by atoms with van der Waals surface area (Å²) in [5, 5.41) is 6.50. The van der Waals surface area contributed by atoms with Gasteiger partial charge < -0.3 is 14.1 Å². The molecule has 0 spiro atoms. The minimum absolute atomic E-state index is 0.0818. The van der Waals surface area contributed by atoms with Gasteiger partial charge >= 0.3 is 18.1 Å². The van der Waals surface area contributed by atoms with Crippen LogP contribution in [0.15, 0.2) is 59.0 Å². The van der Waals surface area contributed by atoms with E-state index in [0.717, 1.165) is 16.8 Å². The van der Waals surface area contributed by atoms with Crippen molar-refractivity contribution in [2.24, 2.45) is 0 Å². The van der Waals surface area contributed by atoms with Crippen LogP contribution < -0.4 is 4.90 Å². The molecule has 168 valence electrons. The Kier molecular flexibility index (Phi) is 6.40. The molecule has 0 N–H and O–H groups in total. The molecule has 0 aliphatic carbocycles. The normalized spacial score (nSPS) is 14.4. The zero-order valence-corrected chi connectivity index (χ0v) is 17.1. The van der Waals surface area contributed by atoms with Crippen LogP contribution in [0.3, 0.4) is 0 Å². The molecule has 0 saturated carbocycles. The molecule has 0 atom stereocenters. The van der Waals surface area contributed by atoms with Gasteiger partial charge in [-0.3, -0.25) is 4.90 Å². The van der Waals surface area contributed by atoms with Crippen LogP contribution in [-0.2, 0) is 23.9 Å². The van der Waals surface area contributed by atoms with Gasteiger partial charge in [0.05, 0.1) is 26.2 Å². The predicted octanol–water partition coefficient (Wildman–Crippen LogP) is 4.14. The van der Waals surface area contributed by atoms with Gasteiger partial charge in [-0.2, -0.15) is 13.2 Å². The molecule has 7 nitrogen and oxygen atoms in total. The number of amides is 2. The molecule has 0 bridgehead atoms. The Labute approximate surface area is 182 Å². The quantitative estimate of drug-likeness (QED) is 0.589. The lowest BCUT2D eigenvalue weighted by Crippen LogP contribution is -2.48. The summed E-state index contributed by atoms with van der Waals surface area (Å²) in [6, 6.07) is 16.5. The molecule has 1 fully saturated rings.